The molecule has 3 aromatic rings. The quantitative estimate of drug-likeness (QED) is 0.623. The van der Waals surface area contributed by atoms with Crippen LogP contribution in [0.4, 0.5) is 17.1 Å². The summed E-state index contributed by atoms with van der Waals surface area (Å²) in [6.07, 6.45) is 0. The van der Waals surface area contributed by atoms with Crippen molar-refractivity contribution >= 4 is 28.1 Å². The molecule has 5 heteroatoms. The first-order chi connectivity index (χ1) is 9.54. The van der Waals surface area contributed by atoms with Crippen molar-refractivity contribution in [3.63, 3.8) is 0 Å². The third kappa shape index (κ3) is 2.03. The van der Waals surface area contributed by atoms with Gasteiger partial charge in [0.25, 0.3) is 0 Å². The zero-order valence-corrected chi connectivity index (χ0v) is 11.5. The van der Waals surface area contributed by atoms with Crippen LogP contribution in [0.2, 0.25) is 0 Å². The van der Waals surface area contributed by atoms with Gasteiger partial charge in [-0.3, -0.25) is 0 Å². The summed E-state index contributed by atoms with van der Waals surface area (Å²) in [6.45, 7) is 0. The molecule has 5 N–H and O–H groups in total. The Balaban J connectivity index is 2.10. The van der Waals surface area contributed by atoms with Crippen LogP contribution in [0.25, 0.3) is 22.4 Å². The normalized spacial score (nSPS) is 10.9. The number of nitrogens with one attached hydrogen (secondary N) is 1. The van der Waals surface area contributed by atoms with E-state index < -0.39 is 0 Å². The molecule has 0 radical (unpaired) electrons. The first kappa shape index (κ1) is 12.3. The van der Waals surface area contributed by atoms with Crippen molar-refractivity contribution in [1.82, 2.24) is 9.97 Å². The van der Waals surface area contributed by atoms with Crippen molar-refractivity contribution in [3.05, 3.63) is 36.4 Å². The van der Waals surface area contributed by atoms with Crippen molar-refractivity contribution in [2.75, 3.05) is 30.5 Å². The Bertz CT molecular complexity index is 773. The maximum atomic E-state index is 5.84. The number of imidazole rings is 1. The second kappa shape index (κ2) is 4.45. The molecule has 0 amide bonds. The molecule has 20 heavy (non-hydrogen) atoms. The fourth-order valence-electron chi connectivity index (χ4n) is 2.13. The van der Waals surface area contributed by atoms with Crippen LogP contribution in [-0.2, 0) is 0 Å². The topological polar surface area (TPSA) is 84.0 Å². The fraction of sp³-hybridized carbons (Fsp3) is 0.133. The monoisotopic (exact) mass is 267 g/mol. The fourth-order valence-corrected chi connectivity index (χ4v) is 2.13. The van der Waals surface area contributed by atoms with E-state index in [2.05, 4.69) is 27.0 Å². The van der Waals surface area contributed by atoms with Gasteiger partial charge in [0, 0.05) is 25.3 Å². The zero-order valence-electron chi connectivity index (χ0n) is 11.5. The summed E-state index contributed by atoms with van der Waals surface area (Å²) in [7, 11) is 4.02. The molecule has 102 valence electrons. The predicted octanol–water partition coefficient (Wildman–Crippen LogP) is 2.46. The number of anilines is 3. The summed E-state index contributed by atoms with van der Waals surface area (Å²) in [5, 5.41) is 0. The minimum absolute atomic E-state index is 0.567. The molecule has 0 spiro atoms. The van der Waals surface area contributed by atoms with Crippen LogP contribution < -0.4 is 16.4 Å². The van der Waals surface area contributed by atoms with E-state index in [4.69, 9.17) is 11.5 Å². The summed E-state index contributed by atoms with van der Waals surface area (Å²) in [5.74, 6) is 0.794. The lowest BCUT2D eigenvalue weighted by molar-refractivity contribution is 1.13. The number of nitrogens with two attached hydrogens (primary N) is 2. The highest BCUT2D eigenvalue weighted by Gasteiger charge is 2.08. The van der Waals surface area contributed by atoms with E-state index in [1.807, 2.05) is 32.3 Å². The van der Waals surface area contributed by atoms with Crippen LogP contribution in [0.3, 0.4) is 0 Å². The van der Waals surface area contributed by atoms with Crippen molar-refractivity contribution in [2.45, 2.75) is 0 Å². The van der Waals surface area contributed by atoms with Crippen molar-refractivity contribution in [2.24, 2.45) is 0 Å². The second-order valence-corrected chi connectivity index (χ2v) is 5.02. The highest BCUT2D eigenvalue weighted by Crippen LogP contribution is 2.26. The summed E-state index contributed by atoms with van der Waals surface area (Å²) in [4.78, 5) is 9.97. The Kier molecular flexibility index (Phi) is 2.75. The average molecular weight is 267 g/mol. The van der Waals surface area contributed by atoms with Gasteiger partial charge in [0.05, 0.1) is 22.4 Å². The largest absolute Gasteiger partial charge is 0.397 e. The first-order valence-corrected chi connectivity index (χ1v) is 6.37. The molecule has 0 saturated carbocycles. The molecular weight excluding hydrogens is 250 g/mol. The summed E-state index contributed by atoms with van der Waals surface area (Å²) >= 11 is 0. The van der Waals surface area contributed by atoms with Gasteiger partial charge in [0.15, 0.2) is 0 Å². The molecular formula is C15H17N5. The highest BCUT2D eigenvalue weighted by atomic mass is 15.1. The van der Waals surface area contributed by atoms with E-state index >= 15 is 0 Å². The molecule has 0 aliphatic heterocycles. The molecule has 0 unspecified atom stereocenters. The number of benzene rings is 2. The summed E-state index contributed by atoms with van der Waals surface area (Å²) < 4.78 is 0. The van der Waals surface area contributed by atoms with E-state index in [0.717, 1.165) is 28.1 Å². The Hall–Kier alpha value is -2.69. The van der Waals surface area contributed by atoms with Crippen LogP contribution >= 0.6 is 0 Å². The lowest BCUT2D eigenvalue weighted by Crippen LogP contribution is -2.07. The first-order valence-electron chi connectivity index (χ1n) is 6.37. The third-order valence-electron chi connectivity index (χ3n) is 3.34. The molecule has 5 nitrogen and oxygen atoms in total. The molecule has 0 aliphatic rings. The Morgan fingerprint density at radius 1 is 1.00 bits per heavy atom. The van der Waals surface area contributed by atoms with Gasteiger partial charge >= 0.3 is 0 Å². The van der Waals surface area contributed by atoms with Gasteiger partial charge in [0.1, 0.15) is 5.82 Å². The number of nitrogens with zero attached hydrogens (tertiary/aromatic N) is 2. The minimum Gasteiger partial charge on any atom is -0.397 e. The van der Waals surface area contributed by atoms with Crippen LogP contribution in [0, 0.1) is 0 Å². The minimum atomic E-state index is 0.567. The van der Waals surface area contributed by atoms with Crippen LogP contribution in [-0.4, -0.2) is 24.1 Å². The van der Waals surface area contributed by atoms with Crippen LogP contribution in [0.5, 0.6) is 0 Å². The zero-order chi connectivity index (χ0) is 14.3. The van der Waals surface area contributed by atoms with Gasteiger partial charge in [-0.25, -0.2) is 4.98 Å². The molecule has 0 atom stereocenters. The van der Waals surface area contributed by atoms with Gasteiger partial charge in [-0.1, -0.05) is 0 Å². The van der Waals surface area contributed by atoms with Gasteiger partial charge in [0.2, 0.25) is 0 Å². The number of fused-ring (bicyclic) bond motifs is 1. The van der Waals surface area contributed by atoms with E-state index in [1.165, 1.54) is 0 Å². The number of H-pyrrole nitrogens is 1. The smallest absolute Gasteiger partial charge is 0.138 e. The Morgan fingerprint density at radius 2 is 1.80 bits per heavy atom. The van der Waals surface area contributed by atoms with E-state index in [1.54, 1.807) is 6.07 Å². The molecule has 0 bridgehead atoms. The predicted molar refractivity (Wildman–Crippen MR) is 84.7 cm³/mol. The average Bonchev–Trinajstić information content (AvgIpc) is 2.84. The van der Waals surface area contributed by atoms with Gasteiger partial charge in [-0.15, -0.1) is 0 Å². The molecule has 0 aliphatic carbocycles. The lowest BCUT2D eigenvalue weighted by atomic mass is 10.1. The van der Waals surface area contributed by atoms with Crippen LogP contribution in [0.15, 0.2) is 36.4 Å². The SMILES string of the molecule is CN(C)c1ccc2[nH]c(-c3ccc(N)c(N)c3)nc2c1. The van der Waals surface area contributed by atoms with Crippen molar-refractivity contribution in [3.8, 4) is 11.4 Å². The van der Waals surface area contributed by atoms with Crippen LogP contribution in [0.1, 0.15) is 0 Å². The Labute approximate surface area is 117 Å². The number of rotatable bonds is 2. The van der Waals surface area contributed by atoms with Gasteiger partial charge < -0.3 is 21.4 Å². The van der Waals surface area contributed by atoms with Crippen molar-refractivity contribution < 1.29 is 0 Å². The van der Waals surface area contributed by atoms with Crippen molar-refractivity contribution in [1.29, 1.82) is 0 Å². The maximum absolute atomic E-state index is 5.84. The highest BCUT2D eigenvalue weighted by molar-refractivity contribution is 5.83. The molecule has 0 saturated heterocycles. The Morgan fingerprint density at radius 3 is 2.50 bits per heavy atom. The maximum Gasteiger partial charge on any atom is 0.138 e. The third-order valence-corrected chi connectivity index (χ3v) is 3.34. The molecule has 1 aromatic heterocycles. The summed E-state index contributed by atoms with van der Waals surface area (Å²) in [6, 6.07) is 11.7. The van der Waals surface area contributed by atoms with Gasteiger partial charge in [-0.05, 0) is 36.4 Å². The standard InChI is InChI=1S/C15H17N5/c1-20(2)10-4-6-13-14(8-10)19-15(18-13)9-3-5-11(16)12(17)7-9/h3-8H,16-17H2,1-2H3,(H,18,19). The van der Waals surface area contributed by atoms with Gasteiger partial charge in [-0.2, -0.15) is 0 Å². The number of hydrogen-bond donors (Lipinski definition) is 3. The number of aromatic amines is 1. The number of nitrogen functional groups attached to an aromatic ring is 2. The molecule has 1 heterocycles. The van der Waals surface area contributed by atoms with E-state index in [0.29, 0.717) is 11.4 Å². The summed E-state index contributed by atoms with van der Waals surface area (Å²) in [5.41, 5.74) is 16.7. The number of aromatic nitrogens is 2. The van der Waals surface area contributed by atoms with E-state index in [-0.39, 0.29) is 0 Å². The molecule has 2 aromatic carbocycles. The molecule has 0 fully saturated rings. The number of hydrogen-bond acceptors (Lipinski definition) is 4. The second-order valence-electron chi connectivity index (χ2n) is 5.02. The molecule has 3 rings (SSSR count). The lowest BCUT2D eigenvalue weighted by Gasteiger charge is -2.11. The van der Waals surface area contributed by atoms with E-state index in [9.17, 15) is 0 Å².